The fourth-order valence-electron chi connectivity index (χ4n) is 2.31. The highest BCUT2D eigenvalue weighted by atomic mass is 16.6. The number of cyclic esters (lactones) is 1. The zero-order valence-electron chi connectivity index (χ0n) is 8.71. The Labute approximate surface area is 92.0 Å². The molecule has 0 saturated carbocycles. The maximum Gasteiger partial charge on any atom is 0.324 e. The molecule has 1 spiro atoms. The monoisotopic (exact) mass is 224 g/mol. The normalized spacial score (nSPS) is 42.9. The minimum absolute atomic E-state index is 0.126. The molecule has 0 bridgehead atoms. The predicted molar refractivity (Wildman–Crippen MR) is 53.0 cm³/mol. The molecular weight excluding hydrogens is 212 g/mol. The fourth-order valence-corrected chi connectivity index (χ4v) is 2.31. The van der Waals surface area contributed by atoms with Gasteiger partial charge in [0, 0.05) is 0 Å². The van der Waals surface area contributed by atoms with Gasteiger partial charge in [-0.2, -0.15) is 0 Å². The van der Waals surface area contributed by atoms with Crippen molar-refractivity contribution in [1.82, 2.24) is 0 Å². The van der Waals surface area contributed by atoms with E-state index in [1.165, 1.54) is 12.2 Å². The van der Waals surface area contributed by atoms with Crippen molar-refractivity contribution in [2.45, 2.75) is 19.1 Å². The number of rotatable bonds is 0. The van der Waals surface area contributed by atoms with Crippen LogP contribution in [0, 0.1) is 11.3 Å². The van der Waals surface area contributed by atoms with E-state index in [0.717, 1.165) is 0 Å². The van der Waals surface area contributed by atoms with E-state index in [4.69, 9.17) is 4.74 Å². The quantitative estimate of drug-likeness (QED) is 0.544. The second-order valence-electron chi connectivity index (χ2n) is 4.14. The van der Waals surface area contributed by atoms with Crippen LogP contribution in [0.2, 0.25) is 0 Å². The number of aliphatic hydroxyl groups excluding tert-OH is 2. The third-order valence-corrected chi connectivity index (χ3v) is 3.36. The second kappa shape index (κ2) is 3.26. The molecule has 2 N–H and O–H groups in total. The van der Waals surface area contributed by atoms with Gasteiger partial charge < -0.3 is 14.9 Å². The highest BCUT2D eigenvalue weighted by Crippen LogP contribution is 2.47. The van der Waals surface area contributed by atoms with Crippen LogP contribution < -0.4 is 0 Å². The average Bonchev–Trinajstić information content (AvgIpc) is 2.45. The number of aliphatic hydroxyl groups is 2. The molecule has 5 heteroatoms. The summed E-state index contributed by atoms with van der Waals surface area (Å²) < 4.78 is 4.73. The lowest BCUT2D eigenvalue weighted by Crippen LogP contribution is -2.55. The third kappa shape index (κ3) is 1.07. The molecule has 0 radical (unpaired) electrons. The Kier molecular flexibility index (Phi) is 2.25. The van der Waals surface area contributed by atoms with Crippen molar-refractivity contribution in [3.8, 4) is 0 Å². The molecule has 0 aromatic heterocycles. The summed E-state index contributed by atoms with van der Waals surface area (Å²) in [6.45, 7) is 5.02. The predicted octanol–water partition coefficient (Wildman–Crippen LogP) is -0.460. The van der Waals surface area contributed by atoms with Gasteiger partial charge in [-0.05, 0) is 12.0 Å². The Morgan fingerprint density at radius 3 is 2.50 bits per heavy atom. The summed E-state index contributed by atoms with van der Waals surface area (Å²) in [6.07, 6.45) is -0.257. The molecule has 0 amide bonds. The molecule has 1 saturated heterocycles. The molecule has 4 atom stereocenters. The Balaban J connectivity index is 2.58. The van der Waals surface area contributed by atoms with Crippen LogP contribution in [0.1, 0.15) is 6.92 Å². The highest BCUT2D eigenvalue weighted by Gasteiger charge is 2.64. The van der Waals surface area contributed by atoms with Gasteiger partial charge in [0.25, 0.3) is 0 Å². The summed E-state index contributed by atoms with van der Waals surface area (Å²) in [4.78, 5) is 23.2. The van der Waals surface area contributed by atoms with Crippen molar-refractivity contribution >= 4 is 11.8 Å². The standard InChI is InChI=1S/C11H12O5/c1-5-3-4-7(12)9(14)11(5)8(13)6(2)16-10(11)15/h3-5,8-9,13-14H,2H2,1H3/t5-,8?,9+,11?/m1/s1. The Bertz CT molecular complexity index is 411. The average molecular weight is 224 g/mol. The van der Waals surface area contributed by atoms with Gasteiger partial charge in [0.1, 0.15) is 23.4 Å². The number of ether oxygens (including phenoxy) is 1. The minimum atomic E-state index is -1.64. The fraction of sp³-hybridized carbons (Fsp3) is 0.455. The third-order valence-electron chi connectivity index (χ3n) is 3.36. The number of ketones is 1. The van der Waals surface area contributed by atoms with Crippen LogP contribution in [0.25, 0.3) is 0 Å². The molecule has 2 aliphatic rings. The largest absolute Gasteiger partial charge is 0.428 e. The first-order valence-electron chi connectivity index (χ1n) is 4.91. The van der Waals surface area contributed by atoms with E-state index < -0.39 is 35.3 Å². The molecule has 86 valence electrons. The summed E-state index contributed by atoms with van der Waals surface area (Å²) in [5.41, 5.74) is -1.64. The summed E-state index contributed by atoms with van der Waals surface area (Å²) in [5.74, 6) is -2.03. The highest BCUT2D eigenvalue weighted by molar-refractivity contribution is 6.01. The zero-order valence-corrected chi connectivity index (χ0v) is 8.71. The van der Waals surface area contributed by atoms with E-state index in [1.807, 2.05) is 0 Å². The van der Waals surface area contributed by atoms with Gasteiger partial charge in [0.15, 0.2) is 5.78 Å². The molecule has 5 nitrogen and oxygen atoms in total. The zero-order chi connectivity index (χ0) is 12.1. The number of hydrogen-bond acceptors (Lipinski definition) is 5. The maximum absolute atomic E-state index is 11.7. The smallest absolute Gasteiger partial charge is 0.324 e. The van der Waals surface area contributed by atoms with Gasteiger partial charge in [0.2, 0.25) is 0 Å². The lowest BCUT2D eigenvalue weighted by atomic mass is 9.65. The van der Waals surface area contributed by atoms with Crippen molar-refractivity contribution in [2.75, 3.05) is 0 Å². The van der Waals surface area contributed by atoms with Gasteiger partial charge in [0.05, 0.1) is 0 Å². The second-order valence-corrected chi connectivity index (χ2v) is 4.14. The molecular formula is C11H12O5. The minimum Gasteiger partial charge on any atom is -0.428 e. The SMILES string of the molecule is C=C1OC(=O)C2(C1O)[C@H](C)C=CC(=O)[C@@H]2O. The molecule has 1 aliphatic heterocycles. The van der Waals surface area contributed by atoms with E-state index in [0.29, 0.717) is 0 Å². The van der Waals surface area contributed by atoms with Crippen LogP contribution >= 0.6 is 0 Å². The molecule has 2 rings (SSSR count). The number of carbonyl (C=O) groups is 2. The summed E-state index contributed by atoms with van der Waals surface area (Å²) in [7, 11) is 0. The molecule has 1 fully saturated rings. The van der Waals surface area contributed by atoms with Gasteiger partial charge in [-0.3, -0.25) is 9.59 Å². The van der Waals surface area contributed by atoms with Crippen molar-refractivity contribution in [2.24, 2.45) is 11.3 Å². The van der Waals surface area contributed by atoms with E-state index >= 15 is 0 Å². The van der Waals surface area contributed by atoms with Crippen molar-refractivity contribution < 1.29 is 24.5 Å². The first kappa shape index (κ1) is 11.0. The Hall–Kier alpha value is -1.46. The lowest BCUT2D eigenvalue weighted by molar-refractivity contribution is -0.163. The first-order chi connectivity index (χ1) is 7.42. The molecule has 1 aliphatic carbocycles. The topological polar surface area (TPSA) is 83.8 Å². The summed E-state index contributed by atoms with van der Waals surface area (Å²) in [6, 6.07) is 0. The van der Waals surface area contributed by atoms with Crippen LogP contribution in [0.5, 0.6) is 0 Å². The Morgan fingerprint density at radius 2 is 2.00 bits per heavy atom. The number of allylic oxidation sites excluding steroid dienone is 1. The van der Waals surface area contributed by atoms with Gasteiger partial charge in [-0.1, -0.05) is 19.6 Å². The number of carbonyl (C=O) groups excluding carboxylic acids is 2. The van der Waals surface area contributed by atoms with E-state index in [2.05, 4.69) is 6.58 Å². The molecule has 16 heavy (non-hydrogen) atoms. The van der Waals surface area contributed by atoms with Crippen molar-refractivity contribution in [1.29, 1.82) is 0 Å². The van der Waals surface area contributed by atoms with Crippen LogP contribution in [0.15, 0.2) is 24.5 Å². The van der Waals surface area contributed by atoms with E-state index in [-0.39, 0.29) is 5.76 Å². The van der Waals surface area contributed by atoms with Crippen LogP contribution in [-0.2, 0) is 14.3 Å². The van der Waals surface area contributed by atoms with Crippen LogP contribution in [0.3, 0.4) is 0 Å². The summed E-state index contributed by atoms with van der Waals surface area (Å²) >= 11 is 0. The van der Waals surface area contributed by atoms with Crippen LogP contribution in [0.4, 0.5) is 0 Å². The number of hydrogen-bond donors (Lipinski definition) is 2. The first-order valence-corrected chi connectivity index (χ1v) is 4.91. The molecule has 2 unspecified atom stereocenters. The van der Waals surface area contributed by atoms with E-state index in [9.17, 15) is 19.8 Å². The van der Waals surface area contributed by atoms with Crippen molar-refractivity contribution in [3.05, 3.63) is 24.5 Å². The van der Waals surface area contributed by atoms with E-state index in [1.54, 1.807) is 6.92 Å². The van der Waals surface area contributed by atoms with Crippen LogP contribution in [-0.4, -0.2) is 34.2 Å². The van der Waals surface area contributed by atoms with Crippen molar-refractivity contribution in [3.63, 3.8) is 0 Å². The molecule has 0 aromatic rings. The summed E-state index contributed by atoms with van der Waals surface area (Å²) in [5, 5.41) is 19.8. The molecule has 1 heterocycles. The lowest BCUT2D eigenvalue weighted by Gasteiger charge is -2.37. The van der Waals surface area contributed by atoms with Gasteiger partial charge in [-0.25, -0.2) is 0 Å². The number of esters is 1. The van der Waals surface area contributed by atoms with Gasteiger partial charge in [-0.15, -0.1) is 0 Å². The molecule has 0 aromatic carbocycles. The van der Waals surface area contributed by atoms with Gasteiger partial charge >= 0.3 is 5.97 Å². The maximum atomic E-state index is 11.7. The Morgan fingerprint density at radius 1 is 1.38 bits per heavy atom.